The molecule has 0 aromatic carbocycles. The topological polar surface area (TPSA) is 48.4 Å². The van der Waals surface area contributed by atoms with E-state index in [1.165, 1.54) is 6.42 Å². The highest BCUT2D eigenvalue weighted by Crippen LogP contribution is 2.43. The fraction of sp³-hybridized carbons (Fsp3) is 0.600. The number of furan rings is 1. The molecule has 2 rings (SSSR count). The largest absolute Gasteiger partial charge is 0.468 e. The van der Waals surface area contributed by atoms with Crippen LogP contribution in [0.1, 0.15) is 31.1 Å². The van der Waals surface area contributed by atoms with Crippen molar-refractivity contribution in [1.82, 2.24) is 0 Å². The lowest BCUT2D eigenvalue weighted by Gasteiger charge is -2.44. The van der Waals surface area contributed by atoms with Crippen LogP contribution < -0.4 is 5.73 Å². The van der Waals surface area contributed by atoms with E-state index in [-0.39, 0.29) is 11.6 Å². The lowest BCUT2D eigenvalue weighted by molar-refractivity contribution is -0.0949. The van der Waals surface area contributed by atoms with Crippen LogP contribution in [0.4, 0.5) is 0 Å². The minimum atomic E-state index is -0.169. The monoisotopic (exact) mass is 181 g/mol. The first-order valence-corrected chi connectivity index (χ1v) is 4.63. The highest BCUT2D eigenvalue weighted by molar-refractivity contribution is 5.12. The zero-order valence-corrected chi connectivity index (χ0v) is 7.82. The minimum absolute atomic E-state index is 0.124. The van der Waals surface area contributed by atoms with Gasteiger partial charge >= 0.3 is 0 Å². The smallest absolute Gasteiger partial charge is 0.123 e. The van der Waals surface area contributed by atoms with Crippen molar-refractivity contribution in [2.24, 2.45) is 5.73 Å². The molecule has 72 valence electrons. The molecule has 0 radical (unpaired) electrons. The fourth-order valence-corrected chi connectivity index (χ4v) is 1.89. The predicted octanol–water partition coefficient (Wildman–Crippen LogP) is 1.85. The lowest BCUT2D eigenvalue weighted by atomic mass is 9.74. The second-order valence-electron chi connectivity index (χ2n) is 3.62. The van der Waals surface area contributed by atoms with Crippen molar-refractivity contribution in [3.8, 4) is 0 Å². The van der Waals surface area contributed by atoms with E-state index in [0.29, 0.717) is 0 Å². The molecule has 1 unspecified atom stereocenters. The van der Waals surface area contributed by atoms with Crippen LogP contribution in [0.5, 0.6) is 0 Å². The third-order valence-corrected chi connectivity index (χ3v) is 3.02. The van der Waals surface area contributed by atoms with Gasteiger partial charge in [0.15, 0.2) is 0 Å². The molecule has 0 amide bonds. The van der Waals surface area contributed by atoms with Gasteiger partial charge < -0.3 is 14.9 Å². The van der Waals surface area contributed by atoms with Crippen molar-refractivity contribution >= 4 is 0 Å². The number of rotatable bonds is 3. The molecule has 1 saturated carbocycles. The Morgan fingerprint density at radius 2 is 2.38 bits per heavy atom. The van der Waals surface area contributed by atoms with Crippen LogP contribution in [0.15, 0.2) is 22.8 Å². The third kappa shape index (κ3) is 1.28. The second kappa shape index (κ2) is 3.16. The van der Waals surface area contributed by atoms with E-state index < -0.39 is 0 Å². The SMILES string of the molecule is COC1(C(N)c2ccco2)CCC1. The molecule has 3 heteroatoms. The van der Waals surface area contributed by atoms with Gasteiger partial charge in [0.2, 0.25) is 0 Å². The van der Waals surface area contributed by atoms with Gasteiger partial charge in [0.05, 0.1) is 17.9 Å². The number of methoxy groups -OCH3 is 1. The molecule has 1 aromatic heterocycles. The van der Waals surface area contributed by atoms with Crippen molar-refractivity contribution in [2.75, 3.05) is 7.11 Å². The van der Waals surface area contributed by atoms with E-state index >= 15 is 0 Å². The highest BCUT2D eigenvalue weighted by Gasteiger charge is 2.44. The molecule has 0 saturated heterocycles. The zero-order valence-electron chi connectivity index (χ0n) is 7.82. The molecular weight excluding hydrogens is 166 g/mol. The Morgan fingerprint density at radius 3 is 2.77 bits per heavy atom. The van der Waals surface area contributed by atoms with Crippen LogP contribution >= 0.6 is 0 Å². The van der Waals surface area contributed by atoms with Crippen molar-refractivity contribution in [3.05, 3.63) is 24.2 Å². The maximum atomic E-state index is 6.07. The van der Waals surface area contributed by atoms with Gasteiger partial charge in [0, 0.05) is 7.11 Å². The average Bonchev–Trinajstić information content (AvgIpc) is 2.54. The Kier molecular flexibility index (Phi) is 2.14. The quantitative estimate of drug-likeness (QED) is 0.774. The van der Waals surface area contributed by atoms with Gasteiger partial charge in [-0.25, -0.2) is 0 Å². The zero-order chi connectivity index (χ0) is 9.31. The van der Waals surface area contributed by atoms with E-state index in [4.69, 9.17) is 14.9 Å². The summed E-state index contributed by atoms with van der Waals surface area (Å²) < 4.78 is 10.7. The van der Waals surface area contributed by atoms with Crippen LogP contribution in [0, 0.1) is 0 Å². The van der Waals surface area contributed by atoms with Crippen LogP contribution in [0.2, 0.25) is 0 Å². The molecule has 3 nitrogen and oxygen atoms in total. The lowest BCUT2D eigenvalue weighted by Crippen LogP contribution is -2.48. The molecule has 2 N–H and O–H groups in total. The van der Waals surface area contributed by atoms with E-state index in [1.54, 1.807) is 13.4 Å². The average molecular weight is 181 g/mol. The number of ether oxygens (including phenoxy) is 1. The molecular formula is C10H15NO2. The van der Waals surface area contributed by atoms with Gasteiger partial charge in [-0.3, -0.25) is 0 Å². The number of hydrogen-bond donors (Lipinski definition) is 1. The molecule has 1 atom stereocenters. The normalized spacial score (nSPS) is 22.3. The molecule has 0 bridgehead atoms. The Bertz CT molecular complexity index is 259. The molecule has 1 aromatic rings. The molecule has 0 spiro atoms. The van der Waals surface area contributed by atoms with Gasteiger partial charge in [-0.2, -0.15) is 0 Å². The molecule has 1 heterocycles. The summed E-state index contributed by atoms with van der Waals surface area (Å²) in [6, 6.07) is 3.64. The van der Waals surface area contributed by atoms with E-state index in [9.17, 15) is 0 Å². The van der Waals surface area contributed by atoms with Crippen molar-refractivity contribution in [2.45, 2.75) is 30.9 Å². The second-order valence-corrected chi connectivity index (χ2v) is 3.62. The summed E-state index contributed by atoms with van der Waals surface area (Å²) in [5.74, 6) is 0.821. The summed E-state index contributed by atoms with van der Waals surface area (Å²) in [6.07, 6.45) is 4.91. The van der Waals surface area contributed by atoms with E-state index in [1.807, 2.05) is 12.1 Å². The molecule has 1 aliphatic carbocycles. The van der Waals surface area contributed by atoms with Crippen LogP contribution in [0.3, 0.4) is 0 Å². The first-order valence-electron chi connectivity index (χ1n) is 4.63. The summed E-state index contributed by atoms with van der Waals surface area (Å²) in [5, 5.41) is 0. The van der Waals surface area contributed by atoms with Crippen LogP contribution in [-0.2, 0) is 4.74 Å². The van der Waals surface area contributed by atoms with Gasteiger partial charge in [0.25, 0.3) is 0 Å². The summed E-state index contributed by atoms with van der Waals surface area (Å²) in [7, 11) is 1.72. The predicted molar refractivity (Wildman–Crippen MR) is 49.2 cm³/mol. The van der Waals surface area contributed by atoms with Crippen molar-refractivity contribution in [1.29, 1.82) is 0 Å². The Labute approximate surface area is 77.9 Å². The van der Waals surface area contributed by atoms with Gasteiger partial charge in [-0.05, 0) is 31.4 Å². The van der Waals surface area contributed by atoms with Crippen molar-refractivity contribution < 1.29 is 9.15 Å². The first-order chi connectivity index (χ1) is 6.28. The Morgan fingerprint density at radius 1 is 1.62 bits per heavy atom. The van der Waals surface area contributed by atoms with Crippen LogP contribution in [0.25, 0.3) is 0 Å². The van der Waals surface area contributed by atoms with E-state index in [0.717, 1.165) is 18.6 Å². The molecule has 1 aliphatic rings. The summed E-state index contributed by atoms with van der Waals surface area (Å²) in [4.78, 5) is 0. The fourth-order valence-electron chi connectivity index (χ4n) is 1.89. The van der Waals surface area contributed by atoms with Gasteiger partial charge in [-0.15, -0.1) is 0 Å². The minimum Gasteiger partial charge on any atom is -0.468 e. The van der Waals surface area contributed by atoms with Gasteiger partial charge in [-0.1, -0.05) is 0 Å². The molecule has 13 heavy (non-hydrogen) atoms. The maximum absolute atomic E-state index is 6.07. The standard InChI is InChI=1S/C10H15NO2/c1-12-10(5-3-6-10)9(11)8-4-2-7-13-8/h2,4,7,9H,3,5-6,11H2,1H3. The number of nitrogens with two attached hydrogens (primary N) is 1. The summed E-state index contributed by atoms with van der Waals surface area (Å²) in [5.41, 5.74) is 5.90. The van der Waals surface area contributed by atoms with Crippen LogP contribution in [-0.4, -0.2) is 12.7 Å². The Balaban J connectivity index is 2.16. The third-order valence-electron chi connectivity index (χ3n) is 3.02. The molecule has 1 fully saturated rings. The van der Waals surface area contributed by atoms with Gasteiger partial charge in [0.1, 0.15) is 5.76 Å². The van der Waals surface area contributed by atoms with E-state index in [2.05, 4.69) is 0 Å². The Hall–Kier alpha value is -0.800. The highest BCUT2D eigenvalue weighted by atomic mass is 16.5. The first kappa shape index (κ1) is 8.78. The summed E-state index contributed by atoms with van der Waals surface area (Å²) >= 11 is 0. The molecule has 0 aliphatic heterocycles. The maximum Gasteiger partial charge on any atom is 0.123 e. The number of hydrogen-bond acceptors (Lipinski definition) is 3. The summed E-state index contributed by atoms with van der Waals surface area (Å²) in [6.45, 7) is 0. The van der Waals surface area contributed by atoms with Crippen molar-refractivity contribution in [3.63, 3.8) is 0 Å².